The summed E-state index contributed by atoms with van der Waals surface area (Å²) in [5, 5.41) is 0. The van der Waals surface area contributed by atoms with Gasteiger partial charge in [-0.05, 0) is 18.6 Å². The Balaban J connectivity index is 1.68. The van der Waals surface area contributed by atoms with E-state index in [0.29, 0.717) is 24.1 Å². The van der Waals surface area contributed by atoms with Crippen LogP contribution in [0.5, 0.6) is 0 Å². The van der Waals surface area contributed by atoms with Crippen LogP contribution in [0.2, 0.25) is 0 Å². The molecule has 1 atom stereocenters. The second-order valence-electron chi connectivity index (χ2n) is 5.55. The number of pyridine rings is 1. The molecule has 1 saturated heterocycles. The van der Waals surface area contributed by atoms with E-state index in [4.69, 9.17) is 0 Å². The summed E-state index contributed by atoms with van der Waals surface area (Å²) in [6, 6.07) is 2.83. The first-order valence-electron chi connectivity index (χ1n) is 7.38. The Morgan fingerprint density at radius 1 is 1.25 bits per heavy atom. The number of aromatic nitrogens is 5. The Hall–Kier alpha value is -2.59. The van der Waals surface area contributed by atoms with Gasteiger partial charge in [0.1, 0.15) is 16.7 Å². The molecule has 1 aliphatic heterocycles. The number of sulfonamides is 1. The highest BCUT2D eigenvalue weighted by atomic mass is 32.2. The normalized spacial score (nSPS) is 19.1. The van der Waals surface area contributed by atoms with Crippen molar-refractivity contribution in [2.24, 2.45) is 0 Å². The van der Waals surface area contributed by atoms with Gasteiger partial charge in [-0.3, -0.25) is 9.55 Å². The van der Waals surface area contributed by atoms with E-state index in [1.54, 1.807) is 6.07 Å². The lowest BCUT2D eigenvalue weighted by Gasteiger charge is -2.16. The van der Waals surface area contributed by atoms with Gasteiger partial charge in [-0.2, -0.15) is 4.31 Å². The maximum Gasteiger partial charge on any atom is 0.328 e. The van der Waals surface area contributed by atoms with Gasteiger partial charge in [0.2, 0.25) is 10.0 Å². The predicted octanol–water partition coefficient (Wildman–Crippen LogP) is 0.150. The lowest BCUT2D eigenvalue weighted by Crippen LogP contribution is -2.31. The van der Waals surface area contributed by atoms with E-state index >= 15 is 0 Å². The van der Waals surface area contributed by atoms with Crippen LogP contribution >= 0.6 is 0 Å². The number of hydrogen-bond donors (Lipinski definition) is 1. The second kappa shape index (κ2) is 5.49. The van der Waals surface area contributed by atoms with Gasteiger partial charge in [0, 0.05) is 25.5 Å². The molecule has 0 bridgehead atoms. The van der Waals surface area contributed by atoms with Crippen molar-refractivity contribution in [3.63, 3.8) is 0 Å². The first kappa shape index (κ1) is 15.0. The smallest absolute Gasteiger partial charge is 0.303 e. The van der Waals surface area contributed by atoms with Crippen molar-refractivity contribution < 1.29 is 8.42 Å². The minimum atomic E-state index is -3.62. The average molecular weight is 346 g/mol. The zero-order chi connectivity index (χ0) is 16.7. The maximum absolute atomic E-state index is 12.7. The van der Waals surface area contributed by atoms with Gasteiger partial charge in [0.05, 0.1) is 12.2 Å². The molecule has 10 heteroatoms. The third kappa shape index (κ3) is 2.31. The molecule has 24 heavy (non-hydrogen) atoms. The number of imidazole rings is 1. The summed E-state index contributed by atoms with van der Waals surface area (Å²) >= 11 is 0. The maximum atomic E-state index is 12.7. The van der Waals surface area contributed by atoms with Crippen molar-refractivity contribution in [2.45, 2.75) is 17.4 Å². The molecule has 124 valence electrons. The molecule has 1 aliphatic rings. The number of nitrogens with one attached hydrogen (secondary N) is 1. The van der Waals surface area contributed by atoms with Gasteiger partial charge in [-0.1, -0.05) is 0 Å². The topological polar surface area (TPSA) is 114 Å². The molecule has 9 nitrogen and oxygen atoms in total. The standard InChI is InChI=1S/C14H14N6O3S/c21-14-18-12-7-16-9-17-13(12)20(14)10-3-5-19(8-10)24(22,23)11-2-1-4-15-6-11/h1-2,4,6-7,9-10H,3,5,8H2,(H,18,21)/t10-/m1/s1. The molecule has 0 aliphatic carbocycles. The Morgan fingerprint density at radius 2 is 2.12 bits per heavy atom. The van der Waals surface area contributed by atoms with Crippen molar-refractivity contribution in [1.82, 2.24) is 28.8 Å². The van der Waals surface area contributed by atoms with Crippen molar-refractivity contribution >= 4 is 21.2 Å². The van der Waals surface area contributed by atoms with E-state index in [1.807, 2.05) is 0 Å². The van der Waals surface area contributed by atoms with Crippen LogP contribution < -0.4 is 5.69 Å². The van der Waals surface area contributed by atoms with Crippen molar-refractivity contribution in [3.05, 3.63) is 47.5 Å². The number of fused-ring (bicyclic) bond motifs is 1. The molecular weight excluding hydrogens is 332 g/mol. The summed E-state index contributed by atoms with van der Waals surface area (Å²) in [4.78, 5) is 26.9. The zero-order valence-electron chi connectivity index (χ0n) is 12.5. The summed E-state index contributed by atoms with van der Waals surface area (Å²) in [5.74, 6) is 0. The molecule has 3 aromatic heterocycles. The van der Waals surface area contributed by atoms with Crippen molar-refractivity contribution in [2.75, 3.05) is 13.1 Å². The van der Waals surface area contributed by atoms with Crippen LogP contribution in [-0.4, -0.2) is 50.3 Å². The molecule has 3 aromatic rings. The molecule has 0 radical (unpaired) electrons. The minimum Gasteiger partial charge on any atom is -0.303 e. The van der Waals surface area contributed by atoms with E-state index in [-0.39, 0.29) is 23.2 Å². The quantitative estimate of drug-likeness (QED) is 0.722. The van der Waals surface area contributed by atoms with E-state index in [1.165, 1.54) is 39.9 Å². The summed E-state index contributed by atoms with van der Waals surface area (Å²) in [7, 11) is -3.62. The van der Waals surface area contributed by atoms with Crippen LogP contribution in [0.4, 0.5) is 0 Å². The molecule has 0 spiro atoms. The van der Waals surface area contributed by atoms with Crippen LogP contribution in [-0.2, 0) is 10.0 Å². The second-order valence-corrected chi connectivity index (χ2v) is 7.49. The first-order valence-corrected chi connectivity index (χ1v) is 8.82. The van der Waals surface area contributed by atoms with Crippen molar-refractivity contribution in [1.29, 1.82) is 0 Å². The number of nitrogens with zero attached hydrogens (tertiary/aromatic N) is 5. The molecule has 4 heterocycles. The van der Waals surface area contributed by atoms with Crippen LogP contribution in [0.15, 0.2) is 46.7 Å². The number of rotatable bonds is 3. The van der Waals surface area contributed by atoms with Crippen molar-refractivity contribution in [3.8, 4) is 0 Å². The van der Waals surface area contributed by atoms with E-state index in [9.17, 15) is 13.2 Å². The average Bonchev–Trinajstić information content (AvgIpc) is 3.19. The highest BCUT2D eigenvalue weighted by Gasteiger charge is 2.34. The molecule has 0 unspecified atom stereocenters. The number of hydrogen-bond acceptors (Lipinski definition) is 6. The van der Waals surface area contributed by atoms with Gasteiger partial charge < -0.3 is 4.98 Å². The molecule has 0 aromatic carbocycles. The fraction of sp³-hybridized carbons (Fsp3) is 0.286. The Labute approximate surface area is 137 Å². The monoisotopic (exact) mass is 346 g/mol. The molecule has 1 N–H and O–H groups in total. The molecule has 4 rings (SSSR count). The third-order valence-electron chi connectivity index (χ3n) is 4.14. The first-order chi connectivity index (χ1) is 11.6. The fourth-order valence-electron chi connectivity index (χ4n) is 3.00. The number of aromatic amines is 1. The van der Waals surface area contributed by atoms with Crippen LogP contribution in [0.1, 0.15) is 12.5 Å². The molecule has 0 saturated carbocycles. The molecular formula is C14H14N6O3S. The summed E-state index contributed by atoms with van der Waals surface area (Å²) < 4.78 is 28.2. The Bertz CT molecular complexity index is 1040. The molecule has 0 amide bonds. The van der Waals surface area contributed by atoms with E-state index < -0.39 is 10.0 Å². The largest absolute Gasteiger partial charge is 0.328 e. The van der Waals surface area contributed by atoms with Crippen LogP contribution in [0, 0.1) is 0 Å². The lowest BCUT2D eigenvalue weighted by atomic mass is 10.2. The predicted molar refractivity (Wildman–Crippen MR) is 84.8 cm³/mol. The van der Waals surface area contributed by atoms with E-state index in [2.05, 4.69) is 19.9 Å². The summed E-state index contributed by atoms with van der Waals surface area (Å²) in [6.45, 7) is 0.556. The summed E-state index contributed by atoms with van der Waals surface area (Å²) in [5.41, 5.74) is 0.716. The van der Waals surface area contributed by atoms with Gasteiger partial charge in [0.25, 0.3) is 0 Å². The van der Waals surface area contributed by atoms with Gasteiger partial charge in [-0.15, -0.1) is 0 Å². The van der Waals surface area contributed by atoms with Crippen LogP contribution in [0.3, 0.4) is 0 Å². The van der Waals surface area contributed by atoms with Gasteiger partial charge in [0.15, 0.2) is 5.65 Å². The van der Waals surface area contributed by atoms with Gasteiger partial charge >= 0.3 is 5.69 Å². The third-order valence-corrected chi connectivity index (χ3v) is 5.99. The zero-order valence-corrected chi connectivity index (χ0v) is 13.3. The minimum absolute atomic E-state index is 0.152. The number of H-pyrrole nitrogens is 1. The highest BCUT2D eigenvalue weighted by Crippen LogP contribution is 2.27. The van der Waals surface area contributed by atoms with Crippen LogP contribution in [0.25, 0.3) is 11.2 Å². The summed E-state index contributed by atoms with van der Waals surface area (Å²) in [6.07, 6.45) is 6.28. The Kier molecular flexibility index (Phi) is 3.43. The fourth-order valence-corrected chi connectivity index (χ4v) is 4.46. The van der Waals surface area contributed by atoms with E-state index in [0.717, 1.165) is 0 Å². The molecule has 1 fully saturated rings. The highest BCUT2D eigenvalue weighted by molar-refractivity contribution is 7.89. The van der Waals surface area contributed by atoms with Gasteiger partial charge in [-0.25, -0.2) is 23.2 Å². The Morgan fingerprint density at radius 3 is 2.92 bits per heavy atom. The SMILES string of the molecule is O=c1[nH]c2cncnc2n1[C@@H]1CCN(S(=O)(=O)c2cccnc2)C1. The lowest BCUT2D eigenvalue weighted by molar-refractivity contribution is 0.451.